The van der Waals surface area contributed by atoms with Gasteiger partial charge in [0.05, 0.1) is 12.7 Å². The lowest BCUT2D eigenvalue weighted by Crippen LogP contribution is -2.51. The largest absolute Gasteiger partial charge is 0.485 e. The molecule has 3 rings (SSSR count). The maximum atomic E-state index is 13.1. The van der Waals surface area contributed by atoms with E-state index in [-0.39, 0.29) is 24.1 Å². The first kappa shape index (κ1) is 22.3. The number of ether oxygens (including phenoxy) is 3. The van der Waals surface area contributed by atoms with Gasteiger partial charge >= 0.3 is 0 Å². The number of nitrogens with one attached hydrogen (secondary N) is 1. The lowest BCUT2D eigenvalue weighted by atomic mass is 9.87. The van der Waals surface area contributed by atoms with Gasteiger partial charge in [-0.25, -0.2) is 4.39 Å². The van der Waals surface area contributed by atoms with Crippen molar-refractivity contribution in [1.82, 2.24) is 0 Å². The van der Waals surface area contributed by atoms with Crippen molar-refractivity contribution in [3.05, 3.63) is 71.6 Å². The Morgan fingerprint density at radius 3 is 2.57 bits per heavy atom. The number of benzene rings is 2. The molecule has 162 valence electrons. The maximum absolute atomic E-state index is 13.1. The Kier molecular flexibility index (Phi) is 7.16. The summed E-state index contributed by atoms with van der Waals surface area (Å²) in [7, 11) is 0. The van der Waals surface area contributed by atoms with E-state index in [0.717, 1.165) is 22.6 Å². The molecule has 4 nitrogen and oxygen atoms in total. The zero-order chi connectivity index (χ0) is 21.7. The van der Waals surface area contributed by atoms with Crippen LogP contribution < -0.4 is 10.1 Å². The molecular formula is C25H32FNO3. The van der Waals surface area contributed by atoms with Crippen LogP contribution in [-0.4, -0.2) is 24.4 Å². The van der Waals surface area contributed by atoms with E-state index in [1.807, 2.05) is 58.9 Å². The number of hydrogen-bond donors (Lipinski definition) is 1. The van der Waals surface area contributed by atoms with E-state index in [9.17, 15) is 4.39 Å². The lowest BCUT2D eigenvalue weighted by Gasteiger charge is -2.44. The van der Waals surface area contributed by atoms with Crippen molar-refractivity contribution in [3.8, 4) is 5.75 Å². The van der Waals surface area contributed by atoms with E-state index in [2.05, 4.69) is 11.4 Å². The fraction of sp³-hybridized carbons (Fsp3) is 0.440. The van der Waals surface area contributed by atoms with Gasteiger partial charge in [-0.15, -0.1) is 0 Å². The summed E-state index contributed by atoms with van der Waals surface area (Å²) in [5.74, 6) is 0.578. The highest BCUT2D eigenvalue weighted by atomic mass is 19.1. The van der Waals surface area contributed by atoms with Crippen molar-refractivity contribution >= 4 is 5.69 Å². The first-order valence-electron chi connectivity index (χ1n) is 10.5. The topological polar surface area (TPSA) is 39.7 Å². The number of rotatable bonds is 8. The summed E-state index contributed by atoms with van der Waals surface area (Å²) in [6, 6.07) is 12.5. The maximum Gasteiger partial charge on any atom is 0.132 e. The summed E-state index contributed by atoms with van der Waals surface area (Å²) in [6.45, 7) is 11.2. The van der Waals surface area contributed by atoms with Crippen LogP contribution in [0, 0.1) is 5.82 Å². The van der Waals surface area contributed by atoms with Crippen LogP contribution >= 0.6 is 0 Å². The zero-order valence-corrected chi connectivity index (χ0v) is 18.4. The van der Waals surface area contributed by atoms with Gasteiger partial charge in [0.2, 0.25) is 0 Å². The number of anilines is 1. The van der Waals surface area contributed by atoms with E-state index in [1.165, 1.54) is 12.1 Å². The molecule has 1 heterocycles. The summed E-state index contributed by atoms with van der Waals surface area (Å²) >= 11 is 0. The Hall–Kier alpha value is -2.37. The predicted octanol–water partition coefficient (Wildman–Crippen LogP) is 6.04. The van der Waals surface area contributed by atoms with Crippen molar-refractivity contribution in [3.63, 3.8) is 0 Å². The summed E-state index contributed by atoms with van der Waals surface area (Å²) in [6.07, 6.45) is 3.50. The highest BCUT2D eigenvalue weighted by Gasteiger charge is 2.45. The van der Waals surface area contributed by atoms with Crippen LogP contribution in [0.5, 0.6) is 5.75 Å². The molecule has 0 fully saturated rings. The minimum absolute atomic E-state index is 0.0420. The number of halogens is 1. The molecule has 5 heteroatoms. The van der Waals surface area contributed by atoms with E-state index in [0.29, 0.717) is 13.2 Å². The molecule has 2 atom stereocenters. The Labute approximate surface area is 179 Å². The molecule has 0 saturated carbocycles. The molecule has 0 bridgehead atoms. The van der Waals surface area contributed by atoms with Crippen LogP contribution in [0.4, 0.5) is 10.1 Å². The van der Waals surface area contributed by atoms with Crippen molar-refractivity contribution < 1.29 is 18.6 Å². The summed E-state index contributed by atoms with van der Waals surface area (Å²) < 4.78 is 32.0. The fourth-order valence-corrected chi connectivity index (χ4v) is 3.63. The van der Waals surface area contributed by atoms with Crippen LogP contribution in [0.2, 0.25) is 0 Å². The zero-order valence-electron chi connectivity index (χ0n) is 18.4. The van der Waals surface area contributed by atoms with Gasteiger partial charge in [-0.05, 0) is 70.5 Å². The second kappa shape index (κ2) is 9.63. The quantitative estimate of drug-likeness (QED) is 0.536. The average molecular weight is 414 g/mol. The standard InChI is InChI=1S/C25H32FNO3/c1-6-7-14-28-24-23(29-17(2)3)21-15-20(12-13-22(21)30-25(24,4)5)27-16-18-8-10-19(26)11-9-18/h6-13,15,17,23-24,27H,14,16H2,1-5H3. The molecule has 1 aliphatic heterocycles. The number of hydrogen-bond acceptors (Lipinski definition) is 4. The number of fused-ring (bicyclic) bond motifs is 1. The third-order valence-corrected chi connectivity index (χ3v) is 5.09. The van der Waals surface area contributed by atoms with E-state index in [1.54, 1.807) is 12.1 Å². The smallest absolute Gasteiger partial charge is 0.132 e. The molecule has 2 aromatic rings. The lowest BCUT2D eigenvalue weighted by molar-refractivity contribution is -0.168. The third kappa shape index (κ3) is 5.41. The van der Waals surface area contributed by atoms with Crippen LogP contribution in [0.1, 0.15) is 51.8 Å². The second-order valence-corrected chi connectivity index (χ2v) is 8.37. The van der Waals surface area contributed by atoms with Gasteiger partial charge in [0, 0.05) is 17.8 Å². The van der Waals surface area contributed by atoms with Crippen molar-refractivity contribution in [2.24, 2.45) is 0 Å². The van der Waals surface area contributed by atoms with Crippen molar-refractivity contribution in [2.75, 3.05) is 11.9 Å². The molecule has 0 saturated heterocycles. The normalized spacial score (nSPS) is 20.2. The minimum Gasteiger partial charge on any atom is -0.485 e. The van der Waals surface area contributed by atoms with Crippen LogP contribution in [-0.2, 0) is 16.0 Å². The summed E-state index contributed by atoms with van der Waals surface area (Å²) in [4.78, 5) is 0. The van der Waals surface area contributed by atoms with E-state index >= 15 is 0 Å². The molecule has 0 spiro atoms. The predicted molar refractivity (Wildman–Crippen MR) is 118 cm³/mol. The molecule has 1 N–H and O–H groups in total. The van der Waals surface area contributed by atoms with Crippen LogP contribution in [0.25, 0.3) is 0 Å². The Morgan fingerprint density at radius 2 is 1.90 bits per heavy atom. The van der Waals surface area contributed by atoms with Crippen LogP contribution in [0.3, 0.4) is 0 Å². The van der Waals surface area contributed by atoms with Gasteiger partial charge in [-0.1, -0.05) is 24.3 Å². The van der Waals surface area contributed by atoms with Gasteiger partial charge in [0.1, 0.15) is 29.4 Å². The molecule has 30 heavy (non-hydrogen) atoms. The van der Waals surface area contributed by atoms with Crippen molar-refractivity contribution in [1.29, 1.82) is 0 Å². The average Bonchev–Trinajstić information content (AvgIpc) is 2.69. The monoisotopic (exact) mass is 413 g/mol. The van der Waals surface area contributed by atoms with E-state index in [4.69, 9.17) is 14.2 Å². The van der Waals surface area contributed by atoms with Crippen molar-refractivity contribution in [2.45, 2.75) is 65.1 Å². The van der Waals surface area contributed by atoms with Crippen LogP contribution in [0.15, 0.2) is 54.6 Å². The Balaban J connectivity index is 1.86. The molecule has 1 aliphatic rings. The summed E-state index contributed by atoms with van der Waals surface area (Å²) in [5, 5.41) is 3.41. The molecule has 0 amide bonds. The molecule has 0 aromatic heterocycles. The van der Waals surface area contributed by atoms with Gasteiger partial charge < -0.3 is 19.5 Å². The highest BCUT2D eigenvalue weighted by Crippen LogP contribution is 2.44. The Morgan fingerprint density at radius 1 is 1.17 bits per heavy atom. The molecule has 0 radical (unpaired) electrons. The summed E-state index contributed by atoms with van der Waals surface area (Å²) in [5.41, 5.74) is 2.40. The molecule has 0 aliphatic carbocycles. The third-order valence-electron chi connectivity index (χ3n) is 5.09. The SMILES string of the molecule is CC=CCOC1C(OC(C)C)c2cc(NCc3ccc(F)cc3)ccc2OC1(C)C. The minimum atomic E-state index is -0.531. The fourth-order valence-electron chi connectivity index (χ4n) is 3.63. The Bertz CT molecular complexity index is 861. The molecule has 2 unspecified atom stereocenters. The van der Waals surface area contributed by atoms with Gasteiger partial charge in [0.25, 0.3) is 0 Å². The van der Waals surface area contributed by atoms with Gasteiger partial charge in [0.15, 0.2) is 0 Å². The second-order valence-electron chi connectivity index (χ2n) is 8.37. The molecule has 2 aromatic carbocycles. The first-order valence-corrected chi connectivity index (χ1v) is 10.5. The van der Waals surface area contributed by atoms with Gasteiger partial charge in [-0.2, -0.15) is 0 Å². The molecular weight excluding hydrogens is 381 g/mol. The highest BCUT2D eigenvalue weighted by molar-refractivity contribution is 5.53. The van der Waals surface area contributed by atoms with E-state index < -0.39 is 5.60 Å². The van der Waals surface area contributed by atoms with Gasteiger partial charge in [-0.3, -0.25) is 0 Å². The number of allylic oxidation sites excluding steroid dienone is 1. The first-order chi connectivity index (χ1) is 14.3.